The Kier molecular flexibility index (Phi) is 4.18. The molecule has 2 N–H and O–H groups in total. The molecule has 126 valence electrons. The molecule has 2 heterocycles. The van der Waals surface area contributed by atoms with Gasteiger partial charge in [-0.05, 0) is 30.5 Å². The Morgan fingerprint density at radius 1 is 1.33 bits per heavy atom. The Labute approximate surface area is 149 Å². The summed E-state index contributed by atoms with van der Waals surface area (Å²) in [5.41, 5.74) is 1.96. The minimum absolute atomic E-state index is 0.00614. The second kappa shape index (κ2) is 6.33. The number of benzene rings is 1. The number of hydrogen-bond donors (Lipinski definition) is 2. The number of aromatic nitrogens is 2. The maximum atomic E-state index is 12.2. The maximum absolute atomic E-state index is 12.2. The Morgan fingerprint density at radius 3 is 2.88 bits per heavy atom. The van der Waals surface area contributed by atoms with Gasteiger partial charge in [-0.3, -0.25) is 4.79 Å². The highest BCUT2D eigenvalue weighted by atomic mass is 35.5. The summed E-state index contributed by atoms with van der Waals surface area (Å²) >= 11 is 7.63. The summed E-state index contributed by atoms with van der Waals surface area (Å²) in [6.45, 7) is 0. The maximum Gasteiger partial charge on any atom is 0.235 e. The average molecular weight is 364 g/mol. The molecule has 0 spiro atoms. The van der Waals surface area contributed by atoms with E-state index in [0.717, 1.165) is 29.8 Å². The summed E-state index contributed by atoms with van der Waals surface area (Å²) in [7, 11) is 0. The molecule has 0 radical (unpaired) electrons. The number of thioether (sulfide) groups is 1. The fourth-order valence-corrected chi connectivity index (χ4v) is 4.77. The van der Waals surface area contributed by atoms with Crippen molar-refractivity contribution in [3.8, 4) is 5.75 Å². The van der Waals surface area contributed by atoms with Gasteiger partial charge in [0, 0.05) is 5.56 Å². The van der Waals surface area contributed by atoms with Crippen LogP contribution in [0.2, 0.25) is 5.02 Å². The first-order valence-electron chi connectivity index (χ1n) is 8.11. The number of amides is 1. The molecular formula is C17H18ClN3O2S. The fraction of sp³-hybridized carbons (Fsp3) is 0.412. The van der Waals surface area contributed by atoms with E-state index < -0.39 is 0 Å². The molecule has 2 aliphatic rings. The summed E-state index contributed by atoms with van der Waals surface area (Å²) in [6, 6.07) is 5.58. The SMILES string of the molecule is O=C1CS[C@H](c2ccc(O)c(Cl)c2)c2cnn(C3CCCC3)c2N1. The molecule has 1 aromatic carbocycles. The van der Waals surface area contributed by atoms with Gasteiger partial charge in [0.05, 0.1) is 28.3 Å². The van der Waals surface area contributed by atoms with Crippen molar-refractivity contribution in [2.45, 2.75) is 37.0 Å². The predicted molar refractivity (Wildman–Crippen MR) is 95.8 cm³/mol. The van der Waals surface area contributed by atoms with Crippen LogP contribution >= 0.6 is 23.4 Å². The van der Waals surface area contributed by atoms with Crippen molar-refractivity contribution in [3.05, 3.63) is 40.5 Å². The van der Waals surface area contributed by atoms with Crippen LogP contribution in [0.25, 0.3) is 0 Å². The van der Waals surface area contributed by atoms with E-state index in [9.17, 15) is 9.90 Å². The minimum Gasteiger partial charge on any atom is -0.506 e. The van der Waals surface area contributed by atoms with Gasteiger partial charge in [-0.2, -0.15) is 5.10 Å². The van der Waals surface area contributed by atoms with Crippen LogP contribution in [0.3, 0.4) is 0 Å². The lowest BCUT2D eigenvalue weighted by Gasteiger charge is -2.17. The first-order chi connectivity index (χ1) is 11.6. The molecule has 0 unspecified atom stereocenters. The first-order valence-corrected chi connectivity index (χ1v) is 9.53. The Bertz CT molecular complexity index is 786. The third-order valence-corrected chi connectivity index (χ3v) is 6.28. The molecule has 1 fully saturated rings. The zero-order valence-electron chi connectivity index (χ0n) is 13.0. The predicted octanol–water partition coefficient (Wildman–Crippen LogP) is 4.13. The number of anilines is 1. The number of fused-ring (bicyclic) bond motifs is 1. The number of hydrogen-bond acceptors (Lipinski definition) is 4. The van der Waals surface area contributed by atoms with Crippen molar-refractivity contribution >= 4 is 35.1 Å². The molecule has 1 saturated carbocycles. The first kappa shape index (κ1) is 15.8. The number of phenols is 1. The molecule has 0 saturated heterocycles. The van der Waals surface area contributed by atoms with Gasteiger partial charge in [-0.25, -0.2) is 4.68 Å². The molecule has 1 aliphatic heterocycles. The molecule has 5 nitrogen and oxygen atoms in total. The van der Waals surface area contributed by atoms with Crippen molar-refractivity contribution in [2.75, 3.05) is 11.1 Å². The van der Waals surface area contributed by atoms with E-state index in [1.165, 1.54) is 12.8 Å². The molecule has 1 atom stereocenters. The van der Waals surface area contributed by atoms with Crippen molar-refractivity contribution < 1.29 is 9.90 Å². The minimum atomic E-state index is -0.0350. The molecule has 1 aliphatic carbocycles. The molecule has 0 bridgehead atoms. The van der Waals surface area contributed by atoms with E-state index in [1.54, 1.807) is 23.9 Å². The lowest BCUT2D eigenvalue weighted by molar-refractivity contribution is -0.113. The van der Waals surface area contributed by atoms with Gasteiger partial charge in [0.2, 0.25) is 5.91 Å². The van der Waals surface area contributed by atoms with Crippen LogP contribution in [0.15, 0.2) is 24.4 Å². The van der Waals surface area contributed by atoms with Gasteiger partial charge < -0.3 is 10.4 Å². The van der Waals surface area contributed by atoms with E-state index in [2.05, 4.69) is 10.4 Å². The van der Waals surface area contributed by atoms with E-state index in [-0.39, 0.29) is 16.9 Å². The molecule has 2 aromatic rings. The molecule has 7 heteroatoms. The van der Waals surface area contributed by atoms with Gasteiger partial charge in [0.1, 0.15) is 11.6 Å². The quantitative estimate of drug-likeness (QED) is 0.841. The van der Waals surface area contributed by atoms with Crippen LogP contribution in [-0.2, 0) is 4.79 Å². The van der Waals surface area contributed by atoms with E-state index >= 15 is 0 Å². The van der Waals surface area contributed by atoms with E-state index in [0.29, 0.717) is 16.8 Å². The summed E-state index contributed by atoms with van der Waals surface area (Å²) in [4.78, 5) is 12.2. The standard InChI is InChI=1S/C17H18ClN3O2S/c18-13-7-10(5-6-14(13)22)16-12-8-19-21(11-3-1-2-4-11)17(12)20-15(23)9-24-16/h5-8,11,16,22H,1-4,9H2,(H,20,23)/t16-/m1/s1. The van der Waals surface area contributed by atoms with Crippen LogP contribution in [0.5, 0.6) is 5.75 Å². The lowest BCUT2D eigenvalue weighted by atomic mass is 10.1. The Balaban J connectivity index is 1.77. The smallest absolute Gasteiger partial charge is 0.235 e. The largest absolute Gasteiger partial charge is 0.506 e. The van der Waals surface area contributed by atoms with Crippen LogP contribution in [0, 0.1) is 0 Å². The highest BCUT2D eigenvalue weighted by Gasteiger charge is 2.30. The van der Waals surface area contributed by atoms with Crippen LogP contribution in [0.4, 0.5) is 5.82 Å². The zero-order valence-corrected chi connectivity index (χ0v) is 14.6. The number of nitrogens with zero attached hydrogens (tertiary/aromatic N) is 2. The summed E-state index contributed by atoms with van der Waals surface area (Å²) < 4.78 is 1.99. The van der Waals surface area contributed by atoms with Gasteiger partial charge in [-0.1, -0.05) is 30.5 Å². The Hall–Kier alpha value is -1.66. The highest BCUT2D eigenvalue weighted by Crippen LogP contribution is 2.44. The van der Waals surface area contributed by atoms with Crippen molar-refractivity contribution in [2.24, 2.45) is 0 Å². The van der Waals surface area contributed by atoms with Gasteiger partial charge >= 0.3 is 0 Å². The average Bonchev–Trinajstić information content (AvgIpc) is 3.18. The van der Waals surface area contributed by atoms with E-state index in [1.807, 2.05) is 16.9 Å². The summed E-state index contributed by atoms with van der Waals surface area (Å²) in [5.74, 6) is 1.25. The summed E-state index contributed by atoms with van der Waals surface area (Å²) in [6.07, 6.45) is 6.48. The monoisotopic (exact) mass is 363 g/mol. The van der Waals surface area contributed by atoms with Gasteiger partial charge in [0.15, 0.2) is 0 Å². The van der Waals surface area contributed by atoms with Crippen LogP contribution < -0.4 is 5.32 Å². The van der Waals surface area contributed by atoms with Crippen LogP contribution in [-0.4, -0.2) is 26.5 Å². The van der Waals surface area contributed by atoms with Gasteiger partial charge in [-0.15, -0.1) is 11.8 Å². The van der Waals surface area contributed by atoms with E-state index in [4.69, 9.17) is 11.6 Å². The molecule has 1 aromatic heterocycles. The molecule has 1 amide bonds. The van der Waals surface area contributed by atoms with Crippen molar-refractivity contribution in [3.63, 3.8) is 0 Å². The number of halogens is 1. The second-order valence-corrected chi connectivity index (χ2v) is 7.78. The lowest BCUT2D eigenvalue weighted by Crippen LogP contribution is -2.18. The second-order valence-electron chi connectivity index (χ2n) is 6.28. The third kappa shape index (κ3) is 2.78. The normalized spacial score (nSPS) is 21.4. The molecule has 4 rings (SSSR count). The summed E-state index contributed by atoms with van der Waals surface area (Å²) in [5, 5.41) is 17.6. The van der Waals surface area contributed by atoms with Crippen LogP contribution in [0.1, 0.15) is 48.1 Å². The number of nitrogens with one attached hydrogen (secondary N) is 1. The fourth-order valence-electron chi connectivity index (χ4n) is 3.50. The molecular weight excluding hydrogens is 346 g/mol. The highest BCUT2D eigenvalue weighted by molar-refractivity contribution is 8.00. The zero-order chi connectivity index (χ0) is 16.7. The Morgan fingerprint density at radius 2 is 2.12 bits per heavy atom. The van der Waals surface area contributed by atoms with Crippen molar-refractivity contribution in [1.29, 1.82) is 0 Å². The van der Waals surface area contributed by atoms with Gasteiger partial charge in [0.25, 0.3) is 0 Å². The topological polar surface area (TPSA) is 67.1 Å². The number of carbonyl (C=O) groups excluding carboxylic acids is 1. The number of aromatic hydroxyl groups is 1. The number of carbonyl (C=O) groups is 1. The molecule has 24 heavy (non-hydrogen) atoms. The number of rotatable bonds is 2. The van der Waals surface area contributed by atoms with Crippen molar-refractivity contribution in [1.82, 2.24) is 9.78 Å². The number of phenolic OH excluding ortho intramolecular Hbond substituents is 1. The third-order valence-electron chi connectivity index (χ3n) is 4.69.